The van der Waals surface area contributed by atoms with Gasteiger partial charge in [0.05, 0.1) is 5.69 Å². The van der Waals surface area contributed by atoms with E-state index < -0.39 is 11.7 Å². The number of amides is 2. The minimum atomic E-state index is -0.496. The van der Waals surface area contributed by atoms with Crippen LogP contribution >= 0.6 is 0 Å². The maximum atomic E-state index is 14.1. The van der Waals surface area contributed by atoms with Gasteiger partial charge in [-0.15, -0.1) is 0 Å². The largest absolute Gasteiger partial charge is 0.449 e. The molecule has 2 amide bonds. The Morgan fingerprint density at radius 3 is 2.52 bits per heavy atom. The molecule has 3 aromatic rings. The highest BCUT2D eigenvalue weighted by Crippen LogP contribution is 2.35. The van der Waals surface area contributed by atoms with Crippen molar-refractivity contribution in [3.8, 4) is 5.75 Å². The number of rotatable bonds is 7. The van der Waals surface area contributed by atoms with Gasteiger partial charge in [0.25, 0.3) is 5.91 Å². The summed E-state index contributed by atoms with van der Waals surface area (Å²) in [5, 5.41) is 2.97. The fraction of sp³-hybridized carbons (Fsp3) is 0.185. The Balaban J connectivity index is 1.48. The zero-order valence-electron chi connectivity index (χ0n) is 18.3. The number of hydrogen-bond acceptors (Lipinski definition) is 3. The highest BCUT2D eigenvalue weighted by atomic mass is 19.1. The van der Waals surface area contributed by atoms with Crippen LogP contribution in [0.15, 0.2) is 84.6 Å². The van der Waals surface area contributed by atoms with Crippen molar-refractivity contribution in [2.45, 2.75) is 25.8 Å². The first-order valence-corrected chi connectivity index (χ1v) is 10.9. The summed E-state index contributed by atoms with van der Waals surface area (Å²) in [6, 6.07) is 23.1. The van der Waals surface area contributed by atoms with Gasteiger partial charge in [-0.05, 0) is 49.6 Å². The number of halogens is 1. The van der Waals surface area contributed by atoms with Gasteiger partial charge >= 0.3 is 0 Å². The van der Waals surface area contributed by atoms with Gasteiger partial charge in [0.2, 0.25) is 5.91 Å². The van der Waals surface area contributed by atoms with Crippen LogP contribution in [-0.2, 0) is 16.0 Å². The fourth-order valence-electron chi connectivity index (χ4n) is 3.72. The van der Waals surface area contributed by atoms with E-state index in [0.29, 0.717) is 11.4 Å². The van der Waals surface area contributed by atoms with E-state index >= 15 is 0 Å². The summed E-state index contributed by atoms with van der Waals surface area (Å²) < 4.78 is 19.9. The van der Waals surface area contributed by atoms with Gasteiger partial charge in [0, 0.05) is 11.6 Å². The van der Waals surface area contributed by atoms with Crippen LogP contribution in [0.2, 0.25) is 0 Å². The van der Waals surface area contributed by atoms with Crippen molar-refractivity contribution in [3.63, 3.8) is 0 Å². The summed E-state index contributed by atoms with van der Waals surface area (Å²) in [5.41, 5.74) is 1.94. The second kappa shape index (κ2) is 10.1. The van der Waals surface area contributed by atoms with E-state index in [1.54, 1.807) is 42.5 Å². The molecule has 0 aliphatic carbocycles. The lowest BCUT2D eigenvalue weighted by molar-refractivity contribution is -0.123. The van der Waals surface area contributed by atoms with Crippen LogP contribution in [0, 0.1) is 5.82 Å². The molecule has 4 rings (SSSR count). The van der Waals surface area contributed by atoms with Crippen molar-refractivity contribution >= 4 is 23.6 Å². The molecule has 0 radical (unpaired) electrons. The van der Waals surface area contributed by atoms with Crippen molar-refractivity contribution in [1.82, 2.24) is 5.32 Å². The Labute approximate surface area is 192 Å². The van der Waals surface area contributed by atoms with Crippen LogP contribution in [-0.4, -0.2) is 24.4 Å². The molecule has 5 nitrogen and oxygen atoms in total. The third kappa shape index (κ3) is 5.47. The number of fused-ring (bicyclic) bond motifs is 1. The number of carbonyl (C=O) groups is 2. The zero-order valence-corrected chi connectivity index (χ0v) is 18.3. The summed E-state index contributed by atoms with van der Waals surface area (Å²) in [6.07, 6.45) is 2.99. The lowest BCUT2D eigenvalue weighted by Gasteiger charge is -2.30. The number of para-hydroxylation sites is 2. The number of anilines is 1. The average Bonchev–Trinajstić information content (AvgIpc) is 2.82. The van der Waals surface area contributed by atoms with Gasteiger partial charge in [-0.2, -0.15) is 0 Å². The number of nitrogens with one attached hydrogen (secondary N) is 1. The number of carbonyl (C=O) groups excluding carboxylic acids is 2. The predicted octanol–water partition coefficient (Wildman–Crippen LogP) is 4.73. The van der Waals surface area contributed by atoms with Crippen LogP contribution in [0.4, 0.5) is 10.1 Å². The third-order valence-corrected chi connectivity index (χ3v) is 5.44. The molecule has 3 aromatic carbocycles. The highest BCUT2D eigenvalue weighted by molar-refractivity contribution is 6.12. The minimum absolute atomic E-state index is 0.0382. The Hall–Kier alpha value is -3.93. The number of nitrogens with zero attached hydrogens (tertiary/aromatic N) is 1. The average molecular weight is 445 g/mol. The number of benzene rings is 3. The van der Waals surface area contributed by atoms with E-state index in [9.17, 15) is 14.0 Å². The Morgan fingerprint density at radius 1 is 1.03 bits per heavy atom. The monoisotopic (exact) mass is 444 g/mol. The van der Waals surface area contributed by atoms with E-state index in [-0.39, 0.29) is 29.8 Å². The van der Waals surface area contributed by atoms with E-state index in [4.69, 9.17) is 4.74 Å². The van der Waals surface area contributed by atoms with E-state index in [2.05, 4.69) is 17.4 Å². The molecule has 168 valence electrons. The van der Waals surface area contributed by atoms with Crippen molar-refractivity contribution < 1.29 is 18.7 Å². The normalized spacial score (nSPS) is 15.0. The lowest BCUT2D eigenvalue weighted by atomic mass is 10.1. The van der Waals surface area contributed by atoms with Gasteiger partial charge in [0.1, 0.15) is 12.4 Å². The second-order valence-electron chi connectivity index (χ2n) is 7.98. The van der Waals surface area contributed by atoms with E-state index in [0.717, 1.165) is 12.8 Å². The number of aryl methyl sites for hydroxylation is 1. The van der Waals surface area contributed by atoms with Gasteiger partial charge in [0.15, 0.2) is 11.5 Å². The Bertz CT molecular complexity index is 1180. The smallest absolute Gasteiger partial charge is 0.294 e. The maximum Gasteiger partial charge on any atom is 0.294 e. The molecule has 0 aromatic heterocycles. The van der Waals surface area contributed by atoms with Gasteiger partial charge in [-0.3, -0.25) is 14.5 Å². The van der Waals surface area contributed by atoms with Crippen LogP contribution < -0.4 is 15.0 Å². The molecular formula is C27H25FN2O3. The first-order chi connectivity index (χ1) is 16.0. The van der Waals surface area contributed by atoms with Gasteiger partial charge in [-0.25, -0.2) is 4.39 Å². The summed E-state index contributed by atoms with van der Waals surface area (Å²) in [4.78, 5) is 27.3. The van der Waals surface area contributed by atoms with Gasteiger partial charge < -0.3 is 10.1 Å². The van der Waals surface area contributed by atoms with Gasteiger partial charge in [-0.1, -0.05) is 60.7 Å². The molecule has 1 heterocycles. The summed E-state index contributed by atoms with van der Waals surface area (Å²) >= 11 is 0. The summed E-state index contributed by atoms with van der Waals surface area (Å²) in [6.45, 7) is 1.78. The molecule has 33 heavy (non-hydrogen) atoms. The topological polar surface area (TPSA) is 58.6 Å². The standard InChI is InChI=1S/C27H25FN2O3/c1-19(15-16-20-9-3-2-4-10-20)29-26(31)18-30-23-13-7-8-14-24(23)33-25(27(30)32)17-21-11-5-6-12-22(21)28/h2-14,17,19H,15-16,18H2,1H3,(H,29,31)/b25-17+/t19-/m1/s1. The number of hydrogen-bond donors (Lipinski definition) is 1. The molecule has 1 aliphatic rings. The van der Waals surface area contributed by atoms with Crippen molar-refractivity contribution in [3.05, 3.63) is 102 Å². The molecule has 1 aliphatic heterocycles. The Kier molecular flexibility index (Phi) is 6.83. The third-order valence-electron chi connectivity index (χ3n) is 5.44. The quantitative estimate of drug-likeness (QED) is 0.536. The molecule has 0 spiro atoms. The fourth-order valence-corrected chi connectivity index (χ4v) is 3.72. The molecule has 0 bridgehead atoms. The molecule has 0 saturated heterocycles. The van der Waals surface area contributed by atoms with Crippen LogP contribution in [0.25, 0.3) is 6.08 Å². The molecular weight excluding hydrogens is 419 g/mol. The number of ether oxygens (including phenoxy) is 1. The molecule has 0 unspecified atom stereocenters. The second-order valence-corrected chi connectivity index (χ2v) is 7.98. The highest BCUT2D eigenvalue weighted by Gasteiger charge is 2.32. The van der Waals surface area contributed by atoms with Crippen LogP contribution in [0.1, 0.15) is 24.5 Å². The molecule has 0 saturated carbocycles. The molecule has 1 atom stereocenters. The van der Waals surface area contributed by atoms with Crippen molar-refractivity contribution in [2.24, 2.45) is 0 Å². The maximum absolute atomic E-state index is 14.1. The van der Waals surface area contributed by atoms with E-state index in [1.165, 1.54) is 22.6 Å². The van der Waals surface area contributed by atoms with Crippen molar-refractivity contribution in [2.75, 3.05) is 11.4 Å². The molecule has 0 fully saturated rings. The SMILES string of the molecule is C[C@H](CCc1ccccc1)NC(=O)CN1C(=O)/C(=C\c2ccccc2F)Oc2ccccc21. The predicted molar refractivity (Wildman–Crippen MR) is 126 cm³/mol. The first-order valence-electron chi connectivity index (χ1n) is 10.9. The summed E-state index contributed by atoms with van der Waals surface area (Å²) in [7, 11) is 0. The molecule has 1 N–H and O–H groups in total. The van der Waals surface area contributed by atoms with Crippen LogP contribution in [0.5, 0.6) is 5.75 Å². The van der Waals surface area contributed by atoms with E-state index in [1.807, 2.05) is 25.1 Å². The molecule has 6 heteroatoms. The lowest BCUT2D eigenvalue weighted by Crippen LogP contribution is -2.46. The zero-order chi connectivity index (χ0) is 23.2. The summed E-state index contributed by atoms with van der Waals surface area (Å²) in [5.74, 6) is -0.833. The first kappa shape index (κ1) is 22.3. The Morgan fingerprint density at radius 2 is 1.73 bits per heavy atom. The minimum Gasteiger partial charge on any atom is -0.449 e. The van der Waals surface area contributed by atoms with Crippen LogP contribution in [0.3, 0.4) is 0 Å². The van der Waals surface area contributed by atoms with Crippen molar-refractivity contribution in [1.29, 1.82) is 0 Å².